The van der Waals surface area contributed by atoms with Crippen LogP contribution in [0.2, 0.25) is 0 Å². The quantitative estimate of drug-likeness (QED) is 0.484. The Morgan fingerprint density at radius 2 is 1.78 bits per heavy atom. The lowest BCUT2D eigenvalue weighted by molar-refractivity contribution is -0.170. The molecule has 0 aliphatic heterocycles. The zero-order valence-electron chi connectivity index (χ0n) is 13.2. The lowest BCUT2D eigenvalue weighted by Crippen LogP contribution is -2.48. The molecule has 0 radical (unpaired) electrons. The van der Waals surface area contributed by atoms with Crippen LogP contribution in [0.15, 0.2) is 12.2 Å². The largest absolute Gasteiger partial charge is 0.456 e. The summed E-state index contributed by atoms with van der Waals surface area (Å²) >= 11 is 0. The van der Waals surface area contributed by atoms with Crippen molar-refractivity contribution in [2.75, 3.05) is 0 Å². The minimum absolute atomic E-state index is 0.0197. The maximum absolute atomic E-state index is 11.8. The second-order valence-corrected chi connectivity index (χ2v) is 6.36. The molecule has 0 saturated heterocycles. The predicted molar refractivity (Wildman–Crippen MR) is 77.5 cm³/mol. The SMILES string of the molecule is C=C(C)C(=O)OC(C)(C)C(C)(CCCC)C(C)C. The van der Waals surface area contributed by atoms with Crippen molar-refractivity contribution in [1.82, 2.24) is 0 Å². The van der Waals surface area contributed by atoms with Gasteiger partial charge in [0.05, 0.1) is 0 Å². The molecule has 0 bridgehead atoms. The topological polar surface area (TPSA) is 26.3 Å². The molecule has 0 spiro atoms. The molecule has 0 aliphatic rings. The Bertz CT molecular complexity index is 302. The Morgan fingerprint density at radius 3 is 2.11 bits per heavy atom. The molecule has 0 aromatic rings. The van der Waals surface area contributed by atoms with E-state index in [1.54, 1.807) is 6.92 Å². The molecule has 1 atom stereocenters. The average Bonchev–Trinajstić information content (AvgIpc) is 2.24. The summed E-state index contributed by atoms with van der Waals surface area (Å²) in [7, 11) is 0. The number of rotatable bonds is 7. The van der Waals surface area contributed by atoms with E-state index >= 15 is 0 Å². The van der Waals surface area contributed by atoms with E-state index in [9.17, 15) is 4.79 Å². The highest BCUT2D eigenvalue weighted by molar-refractivity contribution is 5.87. The first-order valence-electron chi connectivity index (χ1n) is 6.97. The molecule has 1 unspecified atom stereocenters. The zero-order chi connectivity index (χ0) is 14.6. The highest BCUT2D eigenvalue weighted by Gasteiger charge is 2.45. The van der Waals surface area contributed by atoms with E-state index in [2.05, 4.69) is 34.3 Å². The Labute approximate surface area is 113 Å². The highest BCUT2D eigenvalue weighted by Crippen LogP contribution is 2.45. The number of ether oxygens (including phenoxy) is 1. The third kappa shape index (κ3) is 3.86. The first-order valence-corrected chi connectivity index (χ1v) is 6.97. The van der Waals surface area contributed by atoms with Crippen LogP contribution in [0.4, 0.5) is 0 Å². The fourth-order valence-corrected chi connectivity index (χ4v) is 2.26. The van der Waals surface area contributed by atoms with Gasteiger partial charge in [-0.25, -0.2) is 4.79 Å². The van der Waals surface area contributed by atoms with Gasteiger partial charge < -0.3 is 4.74 Å². The average molecular weight is 254 g/mol. The number of carbonyl (C=O) groups is 1. The van der Waals surface area contributed by atoms with E-state index < -0.39 is 5.60 Å². The summed E-state index contributed by atoms with van der Waals surface area (Å²) in [5.41, 5.74) is -0.0369. The van der Waals surface area contributed by atoms with Gasteiger partial charge in [-0.2, -0.15) is 0 Å². The predicted octanol–water partition coefficient (Wildman–Crippen LogP) is 4.74. The van der Waals surface area contributed by atoms with Crippen LogP contribution in [-0.4, -0.2) is 11.6 Å². The Morgan fingerprint density at radius 1 is 1.28 bits per heavy atom. The third-order valence-electron chi connectivity index (χ3n) is 4.40. The molecule has 0 aromatic heterocycles. The van der Waals surface area contributed by atoms with Gasteiger partial charge in [-0.1, -0.05) is 47.1 Å². The van der Waals surface area contributed by atoms with Crippen molar-refractivity contribution in [3.05, 3.63) is 12.2 Å². The van der Waals surface area contributed by atoms with Gasteiger partial charge >= 0.3 is 5.97 Å². The van der Waals surface area contributed by atoms with Gasteiger partial charge in [-0.15, -0.1) is 0 Å². The highest BCUT2D eigenvalue weighted by atomic mass is 16.6. The van der Waals surface area contributed by atoms with E-state index in [1.165, 1.54) is 0 Å². The van der Waals surface area contributed by atoms with Crippen molar-refractivity contribution in [1.29, 1.82) is 0 Å². The van der Waals surface area contributed by atoms with Crippen LogP contribution in [0.5, 0.6) is 0 Å². The van der Waals surface area contributed by atoms with E-state index in [4.69, 9.17) is 4.74 Å². The number of esters is 1. The summed E-state index contributed by atoms with van der Waals surface area (Å²) in [6.45, 7) is 18.2. The molecule has 0 heterocycles. The van der Waals surface area contributed by atoms with Gasteiger partial charge in [0.1, 0.15) is 5.60 Å². The van der Waals surface area contributed by atoms with Gasteiger partial charge in [0.25, 0.3) is 0 Å². The van der Waals surface area contributed by atoms with E-state index in [0.29, 0.717) is 11.5 Å². The molecule has 0 rings (SSSR count). The summed E-state index contributed by atoms with van der Waals surface area (Å²) in [6, 6.07) is 0. The Kier molecular flexibility index (Phi) is 6.12. The normalized spacial score (nSPS) is 15.3. The first kappa shape index (κ1) is 17.2. The Balaban J connectivity index is 5.08. The monoisotopic (exact) mass is 254 g/mol. The molecule has 0 saturated carbocycles. The molecule has 106 valence electrons. The molecule has 2 heteroatoms. The van der Waals surface area contributed by atoms with Crippen molar-refractivity contribution in [2.24, 2.45) is 11.3 Å². The minimum Gasteiger partial charge on any atom is -0.456 e. The fraction of sp³-hybridized carbons (Fsp3) is 0.812. The first-order chi connectivity index (χ1) is 8.08. The van der Waals surface area contributed by atoms with Crippen LogP contribution < -0.4 is 0 Å². The maximum atomic E-state index is 11.8. The number of unbranched alkanes of at least 4 members (excludes halogenated alkanes) is 1. The van der Waals surface area contributed by atoms with Gasteiger partial charge in [-0.3, -0.25) is 0 Å². The van der Waals surface area contributed by atoms with E-state index in [0.717, 1.165) is 19.3 Å². The third-order valence-corrected chi connectivity index (χ3v) is 4.40. The fourth-order valence-electron chi connectivity index (χ4n) is 2.26. The smallest absolute Gasteiger partial charge is 0.333 e. The molecule has 0 aliphatic carbocycles. The van der Waals surface area contributed by atoms with Crippen molar-refractivity contribution >= 4 is 5.97 Å². The van der Waals surface area contributed by atoms with Crippen LogP contribution in [0.25, 0.3) is 0 Å². The molecule has 0 amide bonds. The molecule has 0 fully saturated rings. The van der Waals surface area contributed by atoms with Crippen molar-refractivity contribution in [3.8, 4) is 0 Å². The molecule has 0 N–H and O–H groups in total. The van der Waals surface area contributed by atoms with Crippen LogP contribution in [0.3, 0.4) is 0 Å². The standard InChI is InChI=1S/C16H30O2/c1-9-10-11-16(8,13(4)5)15(6,7)18-14(17)12(2)3/h13H,2,9-11H2,1,3-8H3. The maximum Gasteiger partial charge on any atom is 0.333 e. The summed E-state index contributed by atoms with van der Waals surface area (Å²) in [6.07, 6.45) is 3.38. The van der Waals surface area contributed by atoms with Gasteiger partial charge in [0.15, 0.2) is 0 Å². The van der Waals surface area contributed by atoms with E-state index in [1.807, 2.05) is 13.8 Å². The molecular formula is C16H30O2. The molecular weight excluding hydrogens is 224 g/mol. The van der Waals surface area contributed by atoms with Crippen LogP contribution in [0.1, 0.15) is 67.7 Å². The van der Waals surface area contributed by atoms with Crippen molar-refractivity contribution in [2.45, 2.75) is 73.3 Å². The summed E-state index contributed by atoms with van der Waals surface area (Å²) in [5.74, 6) is 0.167. The van der Waals surface area contributed by atoms with Crippen LogP contribution in [0, 0.1) is 11.3 Å². The molecule has 18 heavy (non-hydrogen) atoms. The van der Waals surface area contributed by atoms with E-state index in [-0.39, 0.29) is 11.4 Å². The Hall–Kier alpha value is -0.790. The van der Waals surface area contributed by atoms with Crippen molar-refractivity contribution < 1.29 is 9.53 Å². The van der Waals surface area contributed by atoms with Crippen LogP contribution in [-0.2, 0) is 9.53 Å². The minimum atomic E-state index is -0.480. The summed E-state index contributed by atoms with van der Waals surface area (Å²) in [5, 5.41) is 0. The lowest BCUT2D eigenvalue weighted by Gasteiger charge is -2.46. The van der Waals surface area contributed by atoms with Gasteiger partial charge in [0, 0.05) is 11.0 Å². The number of hydrogen-bond acceptors (Lipinski definition) is 2. The molecule has 2 nitrogen and oxygen atoms in total. The van der Waals surface area contributed by atoms with Crippen LogP contribution >= 0.6 is 0 Å². The summed E-state index contributed by atoms with van der Waals surface area (Å²) < 4.78 is 5.68. The number of carbonyl (C=O) groups excluding carboxylic acids is 1. The zero-order valence-corrected chi connectivity index (χ0v) is 13.2. The van der Waals surface area contributed by atoms with Crippen molar-refractivity contribution in [3.63, 3.8) is 0 Å². The van der Waals surface area contributed by atoms with Gasteiger partial charge in [-0.05, 0) is 33.1 Å². The lowest BCUT2D eigenvalue weighted by atomic mass is 9.64. The van der Waals surface area contributed by atoms with Gasteiger partial charge in [0.2, 0.25) is 0 Å². The second kappa shape index (κ2) is 6.40. The second-order valence-electron chi connectivity index (χ2n) is 6.36. The number of hydrogen-bond donors (Lipinski definition) is 0. The summed E-state index contributed by atoms with van der Waals surface area (Å²) in [4.78, 5) is 11.8. The molecule has 0 aromatic carbocycles.